The normalized spacial score (nSPS) is 21.5. The van der Waals surface area contributed by atoms with E-state index in [1.165, 1.54) is 0 Å². The number of rotatable bonds is 5. The number of ether oxygens (including phenoxy) is 3. The first-order valence-corrected chi connectivity index (χ1v) is 11.6. The monoisotopic (exact) mass is 475 g/mol. The fourth-order valence-electron chi connectivity index (χ4n) is 4.34. The molecule has 2 unspecified atom stereocenters. The lowest BCUT2D eigenvalue weighted by molar-refractivity contribution is -0.0394. The van der Waals surface area contributed by atoms with Crippen LogP contribution < -0.4 is 4.74 Å². The second-order valence-electron chi connectivity index (χ2n) is 7.99. The lowest BCUT2D eigenvalue weighted by atomic mass is 10.1. The molecule has 1 aromatic carbocycles. The molecule has 2 fully saturated rings. The molecule has 8 nitrogen and oxygen atoms in total. The Morgan fingerprint density at radius 2 is 1.88 bits per heavy atom. The number of halogens is 2. The van der Waals surface area contributed by atoms with Gasteiger partial charge in [0.05, 0.1) is 27.1 Å². The van der Waals surface area contributed by atoms with Crippen LogP contribution in [0.25, 0.3) is 22.2 Å². The zero-order chi connectivity index (χ0) is 22.1. The number of hydrogen-bond donors (Lipinski definition) is 0. The van der Waals surface area contributed by atoms with Crippen LogP contribution in [0.4, 0.5) is 0 Å². The molecular formula is C22H23Cl2N5O3. The summed E-state index contributed by atoms with van der Waals surface area (Å²) in [5.74, 6) is 0.453. The van der Waals surface area contributed by atoms with E-state index in [0.29, 0.717) is 39.0 Å². The van der Waals surface area contributed by atoms with Crippen molar-refractivity contribution in [3.05, 3.63) is 28.5 Å². The third-order valence-electron chi connectivity index (χ3n) is 5.88. The molecule has 0 amide bonds. The van der Waals surface area contributed by atoms with Gasteiger partial charge in [-0.3, -0.25) is 0 Å². The highest BCUT2D eigenvalue weighted by atomic mass is 35.5. The summed E-state index contributed by atoms with van der Waals surface area (Å²) in [6.07, 6.45) is 9.33. The summed E-state index contributed by atoms with van der Waals surface area (Å²) in [7, 11) is 0. The maximum atomic E-state index is 9.06. The van der Waals surface area contributed by atoms with Crippen LogP contribution in [0.3, 0.4) is 0 Å². The number of nitrogens with zero attached hydrogens (tertiary/aromatic N) is 5. The highest BCUT2D eigenvalue weighted by molar-refractivity contribution is 6.45. The van der Waals surface area contributed by atoms with Crippen LogP contribution in [0.5, 0.6) is 5.75 Å². The summed E-state index contributed by atoms with van der Waals surface area (Å²) in [6, 6.07) is 3.64. The molecule has 2 aliphatic heterocycles. The molecule has 4 heterocycles. The molecule has 2 saturated heterocycles. The van der Waals surface area contributed by atoms with Gasteiger partial charge in [0.2, 0.25) is 0 Å². The van der Waals surface area contributed by atoms with Gasteiger partial charge < -0.3 is 14.2 Å². The Balaban J connectivity index is 1.67. The molecule has 2 atom stereocenters. The fourth-order valence-corrected chi connectivity index (χ4v) is 4.77. The first-order valence-electron chi connectivity index (χ1n) is 10.8. The zero-order valence-corrected chi connectivity index (χ0v) is 19.0. The highest BCUT2D eigenvalue weighted by Crippen LogP contribution is 2.44. The van der Waals surface area contributed by atoms with Crippen molar-refractivity contribution in [3.63, 3.8) is 0 Å². The Morgan fingerprint density at radius 1 is 1.12 bits per heavy atom. The van der Waals surface area contributed by atoms with E-state index in [0.717, 1.165) is 50.7 Å². The van der Waals surface area contributed by atoms with Gasteiger partial charge in [-0.2, -0.15) is 15.5 Å². The van der Waals surface area contributed by atoms with Crippen molar-refractivity contribution < 1.29 is 14.2 Å². The van der Waals surface area contributed by atoms with Crippen LogP contribution in [0.15, 0.2) is 18.5 Å². The minimum Gasteiger partial charge on any atom is -0.478 e. The Bertz CT molecular complexity index is 1160. The van der Waals surface area contributed by atoms with E-state index in [1.54, 1.807) is 16.9 Å². The van der Waals surface area contributed by atoms with Crippen LogP contribution in [-0.2, 0) is 9.47 Å². The summed E-state index contributed by atoms with van der Waals surface area (Å²) in [4.78, 5) is 0. The smallest absolute Gasteiger partial charge is 0.174 e. The number of aromatic nitrogens is 4. The molecule has 0 radical (unpaired) electrons. The lowest BCUT2D eigenvalue weighted by Crippen LogP contribution is -2.19. The first-order chi connectivity index (χ1) is 15.7. The SMILES string of the molecule is N#CCOc1cc(Cl)c(Cl)c2c1c(-c1cnn(C3CCCCO3)c1)nn2C1CCCCO1. The average molecular weight is 476 g/mol. The molecule has 0 aliphatic carbocycles. The molecule has 0 saturated carbocycles. The zero-order valence-electron chi connectivity index (χ0n) is 17.5. The van der Waals surface area contributed by atoms with E-state index >= 15 is 0 Å². The van der Waals surface area contributed by atoms with E-state index in [1.807, 2.05) is 16.9 Å². The van der Waals surface area contributed by atoms with Crippen molar-refractivity contribution in [2.45, 2.75) is 51.0 Å². The van der Waals surface area contributed by atoms with Gasteiger partial charge in [-0.15, -0.1) is 0 Å². The molecule has 0 spiro atoms. The van der Waals surface area contributed by atoms with E-state index in [4.69, 9.17) is 47.8 Å². The molecule has 2 aromatic heterocycles. The molecule has 2 aliphatic rings. The molecule has 0 bridgehead atoms. The van der Waals surface area contributed by atoms with Crippen LogP contribution >= 0.6 is 23.2 Å². The molecule has 168 valence electrons. The van der Waals surface area contributed by atoms with Gasteiger partial charge in [0.1, 0.15) is 23.7 Å². The van der Waals surface area contributed by atoms with Gasteiger partial charge in [0, 0.05) is 31.0 Å². The van der Waals surface area contributed by atoms with Crippen LogP contribution in [-0.4, -0.2) is 39.4 Å². The highest BCUT2D eigenvalue weighted by Gasteiger charge is 2.28. The van der Waals surface area contributed by atoms with Crippen molar-refractivity contribution in [1.29, 1.82) is 5.26 Å². The molecular weight excluding hydrogens is 453 g/mol. The van der Waals surface area contributed by atoms with Gasteiger partial charge in [-0.1, -0.05) is 23.2 Å². The van der Waals surface area contributed by atoms with Crippen LogP contribution in [0, 0.1) is 11.3 Å². The van der Waals surface area contributed by atoms with Gasteiger partial charge in [-0.05, 0) is 38.5 Å². The number of fused-ring (bicyclic) bond motifs is 1. The predicted molar refractivity (Wildman–Crippen MR) is 120 cm³/mol. The third kappa shape index (κ3) is 3.95. The summed E-state index contributed by atoms with van der Waals surface area (Å²) >= 11 is 13.1. The molecule has 32 heavy (non-hydrogen) atoms. The van der Waals surface area contributed by atoms with Gasteiger partial charge >= 0.3 is 0 Å². The molecule has 5 rings (SSSR count). The maximum absolute atomic E-state index is 9.06. The van der Waals surface area contributed by atoms with Crippen molar-refractivity contribution in [1.82, 2.24) is 19.6 Å². The van der Waals surface area contributed by atoms with Crippen LogP contribution in [0.2, 0.25) is 10.0 Å². The predicted octanol–water partition coefficient (Wildman–Crippen LogP) is 5.51. The van der Waals surface area contributed by atoms with Crippen LogP contribution in [0.1, 0.15) is 51.0 Å². The van der Waals surface area contributed by atoms with Gasteiger partial charge in [-0.25, -0.2) is 9.36 Å². The summed E-state index contributed by atoms with van der Waals surface area (Å²) in [5.41, 5.74) is 2.09. The maximum Gasteiger partial charge on any atom is 0.174 e. The summed E-state index contributed by atoms with van der Waals surface area (Å²) < 4.78 is 21.2. The second kappa shape index (κ2) is 9.28. The number of hydrogen-bond acceptors (Lipinski definition) is 6. The van der Waals surface area contributed by atoms with Gasteiger partial charge in [0.25, 0.3) is 0 Å². The average Bonchev–Trinajstić information content (AvgIpc) is 3.47. The van der Waals surface area contributed by atoms with E-state index < -0.39 is 0 Å². The fraction of sp³-hybridized carbons (Fsp3) is 0.500. The topological polar surface area (TPSA) is 87.1 Å². The lowest BCUT2D eigenvalue weighted by Gasteiger charge is -2.23. The van der Waals surface area contributed by atoms with Crippen molar-refractivity contribution in [2.75, 3.05) is 19.8 Å². The van der Waals surface area contributed by atoms with Gasteiger partial charge in [0.15, 0.2) is 12.8 Å². The Labute approximate surface area is 195 Å². The third-order valence-corrected chi connectivity index (χ3v) is 6.66. The second-order valence-corrected chi connectivity index (χ2v) is 8.77. The Hall–Kier alpha value is -2.31. The minimum atomic E-state index is -0.253. The molecule has 0 N–H and O–H groups in total. The Morgan fingerprint density at radius 3 is 2.56 bits per heavy atom. The summed E-state index contributed by atoms with van der Waals surface area (Å²) in [5, 5.41) is 19.9. The Kier molecular flexibility index (Phi) is 6.24. The quantitative estimate of drug-likeness (QED) is 0.483. The minimum absolute atomic E-state index is 0.0835. The van der Waals surface area contributed by atoms with E-state index in [-0.39, 0.29) is 19.1 Å². The largest absolute Gasteiger partial charge is 0.478 e. The summed E-state index contributed by atoms with van der Waals surface area (Å²) in [6.45, 7) is 1.28. The van der Waals surface area contributed by atoms with E-state index in [9.17, 15) is 0 Å². The van der Waals surface area contributed by atoms with Crippen molar-refractivity contribution in [2.24, 2.45) is 0 Å². The molecule has 10 heteroatoms. The number of nitriles is 1. The first kappa shape index (κ1) is 21.5. The standard InChI is InChI=1S/C22H23Cl2N5O3/c23-15-11-16(30-10-7-25)19-21(14-12-26-28(13-14)17-5-1-3-8-31-17)27-29(22(19)20(15)24)18-6-2-4-9-32-18/h11-13,17-18H,1-6,8-10H2. The van der Waals surface area contributed by atoms with Crippen molar-refractivity contribution >= 4 is 34.1 Å². The van der Waals surface area contributed by atoms with Crippen molar-refractivity contribution in [3.8, 4) is 23.1 Å². The molecule has 3 aromatic rings. The number of benzene rings is 1. The van der Waals surface area contributed by atoms with E-state index in [2.05, 4.69) is 5.10 Å².